The predicted molar refractivity (Wildman–Crippen MR) is 69.9 cm³/mol. The van der Waals surface area contributed by atoms with Crippen LogP contribution in [0.4, 0.5) is 0 Å². The van der Waals surface area contributed by atoms with E-state index in [1.165, 1.54) is 19.2 Å². The summed E-state index contributed by atoms with van der Waals surface area (Å²) in [6.07, 6.45) is 0.917. The number of carbonyl (C=O) groups excluding carboxylic acids is 2. The van der Waals surface area contributed by atoms with Crippen LogP contribution in [0.1, 0.15) is 28.8 Å². The number of esters is 1. The van der Waals surface area contributed by atoms with E-state index < -0.39 is 15.8 Å². The minimum Gasteiger partial charge on any atom is -0.469 e. The van der Waals surface area contributed by atoms with Crippen LogP contribution in [0.25, 0.3) is 0 Å². The van der Waals surface area contributed by atoms with Crippen LogP contribution in [0.3, 0.4) is 0 Å². The van der Waals surface area contributed by atoms with Crippen molar-refractivity contribution in [1.29, 1.82) is 0 Å². The summed E-state index contributed by atoms with van der Waals surface area (Å²) in [6, 6.07) is 4.57. The van der Waals surface area contributed by atoms with E-state index in [4.69, 9.17) is 0 Å². The zero-order valence-corrected chi connectivity index (χ0v) is 11.9. The summed E-state index contributed by atoms with van der Waals surface area (Å²) < 4.78 is 27.7. The van der Waals surface area contributed by atoms with Crippen molar-refractivity contribution in [2.24, 2.45) is 0 Å². The van der Waals surface area contributed by atoms with Gasteiger partial charge in [0.05, 0.1) is 18.4 Å². The van der Waals surface area contributed by atoms with Gasteiger partial charge in [0.15, 0.2) is 15.6 Å². The largest absolute Gasteiger partial charge is 0.469 e. The first-order valence-corrected chi connectivity index (χ1v) is 7.55. The molecule has 0 aromatic heterocycles. The first kappa shape index (κ1) is 15.4. The molecule has 1 aromatic carbocycles. The van der Waals surface area contributed by atoms with Gasteiger partial charge in [-0.15, -0.1) is 0 Å². The molecule has 0 heterocycles. The summed E-state index contributed by atoms with van der Waals surface area (Å²) in [6.45, 7) is 1.77. The van der Waals surface area contributed by atoms with Crippen molar-refractivity contribution in [1.82, 2.24) is 0 Å². The number of aryl methyl sites for hydroxylation is 1. The van der Waals surface area contributed by atoms with Gasteiger partial charge in [-0.2, -0.15) is 0 Å². The highest BCUT2D eigenvalue weighted by Gasteiger charge is 2.19. The molecule has 1 rings (SSSR count). The molecule has 5 nitrogen and oxygen atoms in total. The van der Waals surface area contributed by atoms with Crippen molar-refractivity contribution in [3.8, 4) is 0 Å². The monoisotopic (exact) mass is 284 g/mol. The molecule has 0 aliphatic heterocycles. The lowest BCUT2D eigenvalue weighted by Gasteiger charge is -2.08. The Hall–Kier alpha value is -1.69. The first-order chi connectivity index (χ1) is 8.75. The summed E-state index contributed by atoms with van der Waals surface area (Å²) in [5.74, 6) is -0.878. The normalized spacial score (nSPS) is 11.1. The number of hydrogen-bond acceptors (Lipinski definition) is 5. The molecule has 0 fully saturated rings. The third kappa shape index (κ3) is 4.17. The molecule has 0 spiro atoms. The maximum atomic E-state index is 12.0. The highest BCUT2D eigenvalue weighted by atomic mass is 32.2. The number of rotatable bonds is 5. The van der Waals surface area contributed by atoms with Crippen LogP contribution < -0.4 is 0 Å². The summed E-state index contributed by atoms with van der Waals surface area (Å²) in [7, 11) is -2.24. The molecule has 6 heteroatoms. The number of carbonyl (C=O) groups is 2. The third-order valence-corrected chi connectivity index (χ3v) is 3.77. The Balaban J connectivity index is 3.08. The SMILES string of the molecule is COC(=O)CCC(=O)c1cc(C)ccc1S(C)(=O)=O. The molecule has 0 unspecified atom stereocenters. The fourth-order valence-electron chi connectivity index (χ4n) is 1.64. The number of ether oxygens (including phenoxy) is 1. The van der Waals surface area contributed by atoms with Gasteiger partial charge in [0.25, 0.3) is 0 Å². The molecular formula is C13H16O5S. The van der Waals surface area contributed by atoms with Crippen LogP contribution in [0.15, 0.2) is 23.1 Å². The second kappa shape index (κ2) is 5.97. The Labute approximate surface area is 112 Å². The van der Waals surface area contributed by atoms with Crippen molar-refractivity contribution in [2.45, 2.75) is 24.7 Å². The van der Waals surface area contributed by atoms with Crippen molar-refractivity contribution >= 4 is 21.6 Å². The molecule has 0 amide bonds. The fraction of sp³-hybridized carbons (Fsp3) is 0.385. The highest BCUT2D eigenvalue weighted by Crippen LogP contribution is 2.19. The molecule has 0 N–H and O–H groups in total. The molecule has 0 radical (unpaired) electrons. The van der Waals surface area contributed by atoms with Crippen molar-refractivity contribution in [3.05, 3.63) is 29.3 Å². The Kier molecular flexibility index (Phi) is 4.83. The summed E-state index contributed by atoms with van der Waals surface area (Å²) >= 11 is 0. The molecule has 104 valence electrons. The fourth-order valence-corrected chi connectivity index (χ4v) is 2.52. The van der Waals surface area contributed by atoms with Crippen LogP contribution in [0.2, 0.25) is 0 Å². The maximum Gasteiger partial charge on any atom is 0.305 e. The minimum absolute atomic E-state index is 0.00651. The van der Waals surface area contributed by atoms with E-state index in [-0.39, 0.29) is 29.1 Å². The molecule has 0 bridgehead atoms. The number of sulfone groups is 1. The molecule has 0 aliphatic carbocycles. The van der Waals surface area contributed by atoms with Crippen molar-refractivity contribution < 1.29 is 22.7 Å². The topological polar surface area (TPSA) is 77.5 Å². The van der Waals surface area contributed by atoms with Gasteiger partial charge in [-0.3, -0.25) is 9.59 Å². The van der Waals surface area contributed by atoms with Gasteiger partial charge in [0.1, 0.15) is 0 Å². The van der Waals surface area contributed by atoms with Gasteiger partial charge in [-0.25, -0.2) is 8.42 Å². The van der Waals surface area contributed by atoms with E-state index in [2.05, 4.69) is 4.74 Å². The second-order valence-electron chi connectivity index (χ2n) is 4.27. The Morgan fingerprint density at radius 3 is 2.37 bits per heavy atom. The van der Waals surface area contributed by atoms with Crippen molar-refractivity contribution in [2.75, 3.05) is 13.4 Å². The molecule has 1 aromatic rings. The van der Waals surface area contributed by atoms with Gasteiger partial charge in [-0.1, -0.05) is 11.6 Å². The average Bonchev–Trinajstić information content (AvgIpc) is 2.33. The molecule has 0 atom stereocenters. The van der Waals surface area contributed by atoms with Gasteiger partial charge in [0.2, 0.25) is 0 Å². The highest BCUT2D eigenvalue weighted by molar-refractivity contribution is 7.90. The maximum absolute atomic E-state index is 12.0. The number of benzene rings is 1. The Morgan fingerprint density at radius 1 is 1.21 bits per heavy atom. The van der Waals surface area contributed by atoms with Crippen LogP contribution in [0.5, 0.6) is 0 Å². The average molecular weight is 284 g/mol. The Bertz CT molecular complexity index is 601. The molecular weight excluding hydrogens is 268 g/mol. The van der Waals surface area contributed by atoms with Gasteiger partial charge >= 0.3 is 5.97 Å². The van der Waals surface area contributed by atoms with E-state index in [0.717, 1.165) is 11.8 Å². The van der Waals surface area contributed by atoms with E-state index in [1.807, 2.05) is 0 Å². The van der Waals surface area contributed by atoms with Crippen LogP contribution in [-0.4, -0.2) is 33.5 Å². The Morgan fingerprint density at radius 2 is 1.84 bits per heavy atom. The lowest BCUT2D eigenvalue weighted by atomic mass is 10.0. The second-order valence-corrected chi connectivity index (χ2v) is 6.26. The van der Waals surface area contributed by atoms with E-state index in [0.29, 0.717) is 0 Å². The number of hydrogen-bond donors (Lipinski definition) is 0. The lowest BCUT2D eigenvalue weighted by Crippen LogP contribution is -2.11. The van der Waals surface area contributed by atoms with Crippen LogP contribution in [0, 0.1) is 6.92 Å². The lowest BCUT2D eigenvalue weighted by molar-refractivity contribution is -0.140. The van der Waals surface area contributed by atoms with Crippen LogP contribution >= 0.6 is 0 Å². The standard InChI is InChI=1S/C13H16O5S/c1-9-4-6-12(19(3,16)17)10(8-9)11(14)5-7-13(15)18-2/h4,6,8H,5,7H2,1-3H3. The van der Waals surface area contributed by atoms with Gasteiger partial charge < -0.3 is 4.74 Å². The van der Waals surface area contributed by atoms with Crippen LogP contribution in [-0.2, 0) is 19.4 Å². The molecule has 0 saturated carbocycles. The number of ketones is 1. The summed E-state index contributed by atoms with van der Waals surface area (Å²) in [5.41, 5.74) is 0.917. The van der Waals surface area contributed by atoms with Gasteiger partial charge in [-0.05, 0) is 19.1 Å². The smallest absolute Gasteiger partial charge is 0.305 e. The quantitative estimate of drug-likeness (QED) is 0.605. The first-order valence-electron chi connectivity index (χ1n) is 5.66. The predicted octanol–water partition coefficient (Wildman–Crippen LogP) is 1.53. The van der Waals surface area contributed by atoms with E-state index >= 15 is 0 Å². The zero-order chi connectivity index (χ0) is 14.6. The third-order valence-electron chi connectivity index (χ3n) is 2.62. The molecule has 0 aliphatic rings. The zero-order valence-electron chi connectivity index (χ0n) is 11.1. The number of Topliss-reactive ketones (excluding diaryl/α,β-unsaturated/α-hetero) is 1. The van der Waals surface area contributed by atoms with Gasteiger partial charge in [0, 0.05) is 18.2 Å². The van der Waals surface area contributed by atoms with Crippen molar-refractivity contribution in [3.63, 3.8) is 0 Å². The van der Waals surface area contributed by atoms with E-state index in [1.54, 1.807) is 13.0 Å². The number of methoxy groups -OCH3 is 1. The van der Waals surface area contributed by atoms with E-state index in [9.17, 15) is 18.0 Å². The molecule has 19 heavy (non-hydrogen) atoms. The summed E-state index contributed by atoms with van der Waals surface area (Å²) in [4.78, 5) is 23.0. The summed E-state index contributed by atoms with van der Waals surface area (Å²) in [5, 5.41) is 0. The molecule has 0 saturated heterocycles. The minimum atomic E-state index is -3.48.